The zero-order chi connectivity index (χ0) is 21.6. The Bertz CT molecular complexity index is 1090. The van der Waals surface area contributed by atoms with Crippen molar-refractivity contribution in [3.63, 3.8) is 0 Å². The zero-order valence-electron chi connectivity index (χ0n) is 17.6. The first-order valence-electron chi connectivity index (χ1n) is 10.1. The third-order valence-corrected chi connectivity index (χ3v) is 5.93. The number of ether oxygens (including phenoxy) is 3. The maximum atomic E-state index is 12.4. The molecule has 0 atom stereocenters. The van der Waals surface area contributed by atoms with Crippen LogP contribution in [0.2, 0.25) is 0 Å². The summed E-state index contributed by atoms with van der Waals surface area (Å²) in [5, 5.41) is 3.88. The molecule has 4 rings (SSSR count). The summed E-state index contributed by atoms with van der Waals surface area (Å²) in [6.07, 6.45) is 3.92. The van der Waals surface area contributed by atoms with Gasteiger partial charge in [-0.3, -0.25) is 4.79 Å². The van der Waals surface area contributed by atoms with Gasteiger partial charge in [0.2, 0.25) is 0 Å². The van der Waals surface area contributed by atoms with Gasteiger partial charge in [0, 0.05) is 18.8 Å². The number of aromatic nitrogens is 1. The number of rotatable bonds is 7. The van der Waals surface area contributed by atoms with Crippen molar-refractivity contribution in [3.05, 3.63) is 48.0 Å². The molecule has 3 aromatic rings. The first-order valence-corrected chi connectivity index (χ1v) is 10.9. The van der Waals surface area contributed by atoms with Crippen molar-refractivity contribution >= 4 is 44.4 Å². The largest absolute Gasteiger partial charge is 0.493 e. The van der Waals surface area contributed by atoms with Crippen LogP contribution in [0.5, 0.6) is 11.5 Å². The predicted octanol–water partition coefficient (Wildman–Crippen LogP) is 4.19. The lowest BCUT2D eigenvalue weighted by Gasteiger charge is -2.25. The Kier molecular flexibility index (Phi) is 6.69. The molecule has 0 radical (unpaired) electrons. The van der Waals surface area contributed by atoms with Gasteiger partial charge in [-0.1, -0.05) is 29.6 Å². The van der Waals surface area contributed by atoms with E-state index in [0.717, 1.165) is 47.2 Å². The Morgan fingerprint density at radius 2 is 2.06 bits per heavy atom. The van der Waals surface area contributed by atoms with E-state index in [9.17, 15) is 4.79 Å². The van der Waals surface area contributed by atoms with E-state index < -0.39 is 0 Å². The molecule has 1 aliphatic heterocycles. The number of carbonyl (C=O) groups is 1. The van der Waals surface area contributed by atoms with E-state index in [2.05, 4.69) is 10.2 Å². The van der Waals surface area contributed by atoms with Crippen LogP contribution in [0.4, 0.5) is 10.8 Å². The Balaban J connectivity index is 1.39. The highest BCUT2D eigenvalue weighted by Crippen LogP contribution is 2.31. The van der Waals surface area contributed by atoms with Gasteiger partial charge in [-0.2, -0.15) is 0 Å². The number of nitrogens with one attached hydrogen (secondary N) is 1. The highest BCUT2D eigenvalue weighted by atomic mass is 32.1. The molecule has 31 heavy (non-hydrogen) atoms. The number of benzene rings is 2. The standard InChI is InChI=1S/C23H25N3O4S/c1-3-4-16-5-8-19(20(13-16)28-2)30-15-22(27)24-17-6-7-18-21(14-17)31-23(25-18)26-9-11-29-12-10-26/h3-8,13-14H,9-12,15H2,1-2H3,(H,24,27)/b4-3+. The van der Waals surface area contributed by atoms with Gasteiger partial charge >= 0.3 is 0 Å². The zero-order valence-corrected chi connectivity index (χ0v) is 18.4. The summed E-state index contributed by atoms with van der Waals surface area (Å²) in [4.78, 5) is 19.4. The summed E-state index contributed by atoms with van der Waals surface area (Å²) in [6.45, 7) is 4.98. The van der Waals surface area contributed by atoms with Crippen LogP contribution in [0, 0.1) is 0 Å². The molecule has 1 aliphatic rings. The van der Waals surface area contributed by atoms with Crippen molar-refractivity contribution in [1.82, 2.24) is 4.98 Å². The summed E-state index contributed by atoms with van der Waals surface area (Å²) in [6, 6.07) is 11.3. The normalized spacial score (nSPS) is 14.2. The fourth-order valence-electron chi connectivity index (χ4n) is 3.32. The highest BCUT2D eigenvalue weighted by Gasteiger charge is 2.16. The average molecular weight is 440 g/mol. The quantitative estimate of drug-likeness (QED) is 0.595. The minimum Gasteiger partial charge on any atom is -0.493 e. The maximum absolute atomic E-state index is 12.4. The SMILES string of the molecule is C/C=C/c1ccc(OCC(=O)Nc2ccc3nc(N4CCOCC4)sc3c2)c(OC)c1. The van der Waals surface area contributed by atoms with E-state index in [0.29, 0.717) is 17.2 Å². The average Bonchev–Trinajstić information content (AvgIpc) is 3.22. The Hall–Kier alpha value is -3.10. The molecular formula is C23H25N3O4S. The van der Waals surface area contributed by atoms with Gasteiger partial charge in [-0.15, -0.1) is 0 Å². The summed E-state index contributed by atoms with van der Waals surface area (Å²) < 4.78 is 17.5. The molecule has 0 spiro atoms. The second kappa shape index (κ2) is 9.80. The van der Waals surface area contributed by atoms with Crippen LogP contribution in [0.3, 0.4) is 0 Å². The first-order chi connectivity index (χ1) is 15.2. The van der Waals surface area contributed by atoms with Crippen LogP contribution in [-0.2, 0) is 9.53 Å². The van der Waals surface area contributed by atoms with E-state index in [-0.39, 0.29) is 12.5 Å². The molecule has 2 heterocycles. The minimum atomic E-state index is -0.239. The minimum absolute atomic E-state index is 0.112. The molecule has 162 valence electrons. The van der Waals surface area contributed by atoms with Crippen molar-refractivity contribution in [2.24, 2.45) is 0 Å². The summed E-state index contributed by atoms with van der Waals surface area (Å²) in [7, 11) is 1.58. The smallest absolute Gasteiger partial charge is 0.262 e. The second-order valence-corrected chi connectivity index (χ2v) is 8.03. The van der Waals surface area contributed by atoms with Crippen LogP contribution >= 0.6 is 11.3 Å². The number of hydrogen-bond acceptors (Lipinski definition) is 7. The molecule has 7 nitrogen and oxygen atoms in total. The number of hydrogen-bond donors (Lipinski definition) is 1. The third-order valence-electron chi connectivity index (χ3n) is 4.85. The monoisotopic (exact) mass is 439 g/mol. The fourth-order valence-corrected chi connectivity index (χ4v) is 4.38. The lowest BCUT2D eigenvalue weighted by molar-refractivity contribution is -0.118. The summed E-state index contributed by atoms with van der Waals surface area (Å²) in [5.74, 6) is 0.876. The number of morpholine rings is 1. The van der Waals surface area contributed by atoms with Gasteiger partial charge in [0.25, 0.3) is 5.91 Å². The number of methoxy groups -OCH3 is 1. The molecule has 0 aliphatic carbocycles. The molecule has 1 fully saturated rings. The number of allylic oxidation sites excluding steroid dienone is 1. The number of nitrogens with zero attached hydrogens (tertiary/aromatic N) is 2. The second-order valence-electron chi connectivity index (χ2n) is 7.03. The van der Waals surface area contributed by atoms with Crippen molar-refractivity contribution in [2.45, 2.75) is 6.92 Å². The van der Waals surface area contributed by atoms with Gasteiger partial charge in [0.1, 0.15) is 0 Å². The summed E-state index contributed by atoms with van der Waals surface area (Å²) in [5.41, 5.74) is 2.64. The lowest BCUT2D eigenvalue weighted by atomic mass is 10.2. The molecule has 0 saturated carbocycles. The molecule has 1 saturated heterocycles. The van der Waals surface area contributed by atoms with E-state index in [1.165, 1.54) is 0 Å². The topological polar surface area (TPSA) is 72.9 Å². The van der Waals surface area contributed by atoms with Crippen molar-refractivity contribution in [3.8, 4) is 11.5 Å². The van der Waals surface area contributed by atoms with Crippen LogP contribution in [0.15, 0.2) is 42.5 Å². The van der Waals surface area contributed by atoms with E-state index in [1.807, 2.05) is 49.4 Å². The Morgan fingerprint density at radius 1 is 1.23 bits per heavy atom. The van der Waals surface area contributed by atoms with Gasteiger partial charge < -0.3 is 24.4 Å². The van der Waals surface area contributed by atoms with Crippen LogP contribution in [-0.4, -0.2) is 50.9 Å². The molecule has 1 amide bonds. The molecule has 1 aromatic heterocycles. The molecule has 0 unspecified atom stereocenters. The molecule has 8 heteroatoms. The van der Waals surface area contributed by atoms with Gasteiger partial charge in [0.05, 0.1) is 30.5 Å². The highest BCUT2D eigenvalue weighted by molar-refractivity contribution is 7.22. The van der Waals surface area contributed by atoms with E-state index >= 15 is 0 Å². The van der Waals surface area contributed by atoms with E-state index in [1.54, 1.807) is 24.5 Å². The molecule has 0 bridgehead atoms. The number of anilines is 2. The van der Waals surface area contributed by atoms with Crippen molar-refractivity contribution < 1.29 is 19.0 Å². The Morgan fingerprint density at radius 3 is 2.84 bits per heavy atom. The first kappa shape index (κ1) is 21.1. The molecule has 2 aromatic carbocycles. The number of carbonyl (C=O) groups excluding carboxylic acids is 1. The third kappa shape index (κ3) is 5.15. The van der Waals surface area contributed by atoms with Gasteiger partial charge in [-0.05, 0) is 42.8 Å². The summed E-state index contributed by atoms with van der Waals surface area (Å²) >= 11 is 1.62. The number of amides is 1. The predicted molar refractivity (Wildman–Crippen MR) is 124 cm³/mol. The van der Waals surface area contributed by atoms with Crippen LogP contribution in [0.25, 0.3) is 16.3 Å². The number of thiazole rings is 1. The lowest BCUT2D eigenvalue weighted by Crippen LogP contribution is -2.36. The maximum Gasteiger partial charge on any atom is 0.262 e. The van der Waals surface area contributed by atoms with Gasteiger partial charge in [-0.25, -0.2) is 4.98 Å². The van der Waals surface area contributed by atoms with Crippen molar-refractivity contribution in [1.29, 1.82) is 0 Å². The van der Waals surface area contributed by atoms with Crippen molar-refractivity contribution in [2.75, 3.05) is 50.2 Å². The van der Waals surface area contributed by atoms with E-state index in [4.69, 9.17) is 19.2 Å². The molecular weight excluding hydrogens is 414 g/mol. The molecule has 1 N–H and O–H groups in total. The fraction of sp³-hybridized carbons (Fsp3) is 0.304. The van der Waals surface area contributed by atoms with Gasteiger partial charge in [0.15, 0.2) is 23.2 Å². The van der Waals surface area contributed by atoms with Crippen LogP contribution in [0.1, 0.15) is 12.5 Å². The van der Waals surface area contributed by atoms with Crippen LogP contribution < -0.4 is 19.7 Å². The Labute approximate surface area is 185 Å². The number of fused-ring (bicyclic) bond motifs is 1.